The monoisotopic (exact) mass is 457 g/mol. The molecule has 1 aliphatic carbocycles. The number of aromatic nitrogens is 1. The first kappa shape index (κ1) is 23.2. The lowest BCUT2D eigenvalue weighted by Gasteiger charge is -2.31. The van der Waals surface area contributed by atoms with Gasteiger partial charge in [-0.1, -0.05) is 6.92 Å². The predicted molar refractivity (Wildman–Crippen MR) is 123 cm³/mol. The van der Waals surface area contributed by atoms with Crippen molar-refractivity contribution in [3.8, 4) is 28.5 Å². The van der Waals surface area contributed by atoms with E-state index in [1.807, 2.05) is 19.1 Å². The summed E-state index contributed by atoms with van der Waals surface area (Å²) in [6.07, 6.45) is 2.90. The summed E-state index contributed by atoms with van der Waals surface area (Å²) in [7, 11) is 3.24. The van der Waals surface area contributed by atoms with Crippen LogP contribution in [-0.2, 0) is 9.47 Å². The van der Waals surface area contributed by atoms with Gasteiger partial charge in [-0.05, 0) is 38.3 Å². The standard InChI is InChI=1S/C25H31NO7/c1-5-19-16-12-18(25(28)31-6-2)24(27)26(15-8-9-15)23(16)17-13-21(30-4)22(14-20(17)33-19)32-11-7-10-29-3/h12-15,19H,5-11H2,1-4H3. The van der Waals surface area contributed by atoms with Crippen molar-refractivity contribution in [1.29, 1.82) is 0 Å². The second-order valence-corrected chi connectivity index (χ2v) is 8.20. The summed E-state index contributed by atoms with van der Waals surface area (Å²) in [6.45, 7) is 5.03. The molecular formula is C25H31NO7. The van der Waals surface area contributed by atoms with Crippen molar-refractivity contribution in [3.05, 3.63) is 39.7 Å². The van der Waals surface area contributed by atoms with E-state index in [-0.39, 0.29) is 29.9 Å². The van der Waals surface area contributed by atoms with E-state index in [0.29, 0.717) is 36.9 Å². The molecule has 0 saturated heterocycles. The van der Waals surface area contributed by atoms with Gasteiger partial charge in [0.1, 0.15) is 17.4 Å². The topological polar surface area (TPSA) is 85.2 Å². The fourth-order valence-electron chi connectivity index (χ4n) is 4.22. The molecule has 0 spiro atoms. The molecule has 1 fully saturated rings. The van der Waals surface area contributed by atoms with Crippen LogP contribution in [0.2, 0.25) is 0 Å². The number of hydrogen-bond acceptors (Lipinski definition) is 7. The molecule has 0 bridgehead atoms. The molecule has 33 heavy (non-hydrogen) atoms. The van der Waals surface area contributed by atoms with Crippen molar-refractivity contribution in [2.45, 2.75) is 51.7 Å². The Morgan fingerprint density at radius 3 is 2.55 bits per heavy atom. The van der Waals surface area contributed by atoms with E-state index >= 15 is 0 Å². The maximum atomic E-state index is 13.4. The highest BCUT2D eigenvalue weighted by Gasteiger charge is 2.37. The van der Waals surface area contributed by atoms with Gasteiger partial charge in [-0.2, -0.15) is 0 Å². The van der Waals surface area contributed by atoms with Gasteiger partial charge in [-0.15, -0.1) is 0 Å². The number of nitrogens with zero attached hydrogens (tertiary/aromatic N) is 1. The predicted octanol–water partition coefficient (Wildman–Crippen LogP) is 4.29. The summed E-state index contributed by atoms with van der Waals surface area (Å²) in [6, 6.07) is 5.38. The SMILES string of the molecule is CCOC(=O)c1cc2c(n(C3CC3)c1=O)-c1cc(OC)c(OCCCOC)cc1OC2CC. The normalized spacial score (nSPS) is 16.4. The fourth-order valence-corrected chi connectivity index (χ4v) is 4.22. The highest BCUT2D eigenvalue weighted by atomic mass is 16.5. The number of rotatable bonds is 10. The van der Waals surface area contributed by atoms with Gasteiger partial charge in [0, 0.05) is 43.4 Å². The van der Waals surface area contributed by atoms with Gasteiger partial charge in [0.15, 0.2) is 11.5 Å². The molecule has 4 rings (SSSR count). The molecule has 178 valence electrons. The Morgan fingerprint density at radius 2 is 1.91 bits per heavy atom. The van der Waals surface area contributed by atoms with Crippen molar-refractivity contribution in [1.82, 2.24) is 4.57 Å². The molecule has 1 saturated carbocycles. The number of esters is 1. The van der Waals surface area contributed by atoms with Crippen molar-refractivity contribution in [2.24, 2.45) is 0 Å². The van der Waals surface area contributed by atoms with Gasteiger partial charge in [0.05, 0.1) is 26.0 Å². The second-order valence-electron chi connectivity index (χ2n) is 8.20. The Hall–Kier alpha value is -3.00. The molecule has 8 nitrogen and oxygen atoms in total. The largest absolute Gasteiger partial charge is 0.493 e. The van der Waals surface area contributed by atoms with Crippen LogP contribution in [0.4, 0.5) is 0 Å². The molecule has 1 aliphatic heterocycles. The number of fused-ring (bicyclic) bond motifs is 3. The molecule has 1 aromatic carbocycles. The van der Waals surface area contributed by atoms with Crippen molar-refractivity contribution < 1.29 is 28.5 Å². The van der Waals surface area contributed by atoms with Crippen LogP contribution >= 0.6 is 0 Å². The first-order valence-electron chi connectivity index (χ1n) is 11.5. The zero-order valence-electron chi connectivity index (χ0n) is 19.6. The highest BCUT2D eigenvalue weighted by Crippen LogP contribution is 2.50. The molecule has 1 atom stereocenters. The minimum Gasteiger partial charge on any atom is -0.493 e. The third-order valence-electron chi connectivity index (χ3n) is 5.93. The quantitative estimate of drug-likeness (QED) is 0.389. The van der Waals surface area contributed by atoms with Crippen LogP contribution in [0, 0.1) is 0 Å². The van der Waals surface area contributed by atoms with Crippen LogP contribution in [0.3, 0.4) is 0 Å². The summed E-state index contributed by atoms with van der Waals surface area (Å²) in [4.78, 5) is 26.0. The Kier molecular flexibility index (Phi) is 6.93. The zero-order chi connectivity index (χ0) is 23.5. The smallest absolute Gasteiger partial charge is 0.343 e. The Labute approximate surface area is 193 Å². The average molecular weight is 458 g/mol. The first-order chi connectivity index (χ1) is 16.0. The van der Waals surface area contributed by atoms with E-state index in [9.17, 15) is 9.59 Å². The molecule has 2 aromatic rings. The van der Waals surface area contributed by atoms with Crippen LogP contribution in [-0.4, -0.2) is 44.6 Å². The molecule has 8 heteroatoms. The maximum absolute atomic E-state index is 13.4. The first-order valence-corrected chi connectivity index (χ1v) is 11.5. The molecule has 2 heterocycles. The average Bonchev–Trinajstić information content (AvgIpc) is 3.65. The molecule has 0 N–H and O–H groups in total. The van der Waals surface area contributed by atoms with Gasteiger partial charge in [0.2, 0.25) is 0 Å². The van der Waals surface area contributed by atoms with Crippen LogP contribution in [0.25, 0.3) is 11.3 Å². The summed E-state index contributed by atoms with van der Waals surface area (Å²) in [5.74, 6) is 1.17. The van der Waals surface area contributed by atoms with Gasteiger partial charge >= 0.3 is 5.97 Å². The molecule has 2 aliphatic rings. The number of carbonyl (C=O) groups is 1. The number of methoxy groups -OCH3 is 2. The number of benzene rings is 1. The summed E-state index contributed by atoms with van der Waals surface area (Å²) in [5.41, 5.74) is 2.09. The second kappa shape index (κ2) is 9.87. The van der Waals surface area contributed by atoms with E-state index < -0.39 is 5.97 Å². The molecule has 1 aromatic heterocycles. The Bertz CT molecular complexity index is 1090. The minimum absolute atomic E-state index is 0.0538. The van der Waals surface area contributed by atoms with Crippen LogP contribution in [0.15, 0.2) is 23.0 Å². The van der Waals surface area contributed by atoms with Gasteiger partial charge in [-0.3, -0.25) is 4.79 Å². The van der Waals surface area contributed by atoms with Gasteiger partial charge in [0.25, 0.3) is 5.56 Å². The van der Waals surface area contributed by atoms with E-state index in [1.54, 1.807) is 31.8 Å². The third-order valence-corrected chi connectivity index (χ3v) is 5.93. The lowest BCUT2D eigenvalue weighted by Crippen LogP contribution is -2.31. The molecule has 1 unspecified atom stereocenters. The van der Waals surface area contributed by atoms with E-state index in [2.05, 4.69) is 0 Å². The fraction of sp³-hybridized carbons (Fsp3) is 0.520. The number of carbonyl (C=O) groups excluding carboxylic acids is 1. The summed E-state index contributed by atoms with van der Waals surface area (Å²) < 4.78 is 29.9. The number of ether oxygens (including phenoxy) is 5. The van der Waals surface area contributed by atoms with E-state index in [4.69, 9.17) is 23.7 Å². The maximum Gasteiger partial charge on any atom is 0.343 e. The summed E-state index contributed by atoms with van der Waals surface area (Å²) >= 11 is 0. The van der Waals surface area contributed by atoms with Crippen LogP contribution in [0.1, 0.15) is 67.6 Å². The van der Waals surface area contributed by atoms with Crippen molar-refractivity contribution in [3.63, 3.8) is 0 Å². The number of hydrogen-bond donors (Lipinski definition) is 0. The Balaban J connectivity index is 1.86. The zero-order valence-corrected chi connectivity index (χ0v) is 19.6. The third kappa shape index (κ3) is 4.44. The highest BCUT2D eigenvalue weighted by molar-refractivity contribution is 5.90. The lowest BCUT2D eigenvalue weighted by molar-refractivity contribution is 0.0523. The van der Waals surface area contributed by atoms with Gasteiger partial charge < -0.3 is 28.3 Å². The van der Waals surface area contributed by atoms with Gasteiger partial charge in [-0.25, -0.2) is 4.79 Å². The minimum atomic E-state index is -0.599. The number of pyridine rings is 1. The van der Waals surface area contributed by atoms with Crippen LogP contribution < -0.4 is 19.8 Å². The Morgan fingerprint density at radius 1 is 1.12 bits per heavy atom. The molecule has 0 radical (unpaired) electrons. The van der Waals surface area contributed by atoms with Crippen molar-refractivity contribution in [2.75, 3.05) is 34.0 Å². The lowest BCUT2D eigenvalue weighted by atomic mass is 9.93. The van der Waals surface area contributed by atoms with Crippen LogP contribution in [0.5, 0.6) is 17.2 Å². The van der Waals surface area contributed by atoms with E-state index in [0.717, 1.165) is 36.1 Å². The van der Waals surface area contributed by atoms with E-state index in [1.165, 1.54) is 0 Å². The molecular weight excluding hydrogens is 426 g/mol. The van der Waals surface area contributed by atoms with Crippen molar-refractivity contribution >= 4 is 5.97 Å². The summed E-state index contributed by atoms with van der Waals surface area (Å²) in [5, 5.41) is 0. The molecule has 0 amide bonds.